The van der Waals surface area contributed by atoms with Crippen LogP contribution in [-0.4, -0.2) is 31.8 Å². The Morgan fingerprint density at radius 1 is 1.65 bits per heavy atom. The summed E-state index contributed by atoms with van der Waals surface area (Å²) in [6, 6.07) is 0. The largest absolute Gasteiger partial charge is 0.390 e. The molecule has 3 unspecified atom stereocenters. The fraction of sp³-hybridized carbons (Fsp3) is 0.583. The third-order valence-electron chi connectivity index (χ3n) is 3.54. The molecule has 0 amide bonds. The number of thiazole rings is 1. The van der Waals surface area contributed by atoms with Crippen molar-refractivity contribution in [2.75, 3.05) is 5.73 Å². The van der Waals surface area contributed by atoms with Crippen LogP contribution in [-0.2, 0) is 4.74 Å². The van der Waals surface area contributed by atoms with E-state index in [2.05, 4.69) is 9.97 Å². The third-order valence-corrected chi connectivity index (χ3v) is 4.42. The molecule has 1 saturated heterocycles. The van der Waals surface area contributed by atoms with Crippen molar-refractivity contribution in [3.8, 4) is 0 Å². The standard InChI is InChI=1S/C12H16N4O3S/c1-2-6(17)7-3-4-9(19-7)16-10-8(20-12(16)18)5-14-11(13)15-10/h5-7,9,17H,2-4H2,1H3,(H2,13,14,15). The summed E-state index contributed by atoms with van der Waals surface area (Å²) < 4.78 is 8.01. The van der Waals surface area contributed by atoms with Gasteiger partial charge in [0.1, 0.15) is 6.23 Å². The summed E-state index contributed by atoms with van der Waals surface area (Å²) in [7, 11) is 0. The number of aliphatic hydroxyl groups excluding tert-OH is 1. The molecule has 1 aliphatic heterocycles. The normalized spacial score (nSPS) is 24.3. The molecular weight excluding hydrogens is 280 g/mol. The predicted octanol–water partition coefficient (Wildman–Crippen LogP) is 0.884. The first-order valence-corrected chi connectivity index (χ1v) is 7.39. The second kappa shape index (κ2) is 5.12. The van der Waals surface area contributed by atoms with Crippen molar-refractivity contribution < 1.29 is 9.84 Å². The highest BCUT2D eigenvalue weighted by atomic mass is 32.1. The lowest BCUT2D eigenvalue weighted by atomic mass is 10.1. The monoisotopic (exact) mass is 296 g/mol. The van der Waals surface area contributed by atoms with E-state index in [1.165, 1.54) is 4.57 Å². The van der Waals surface area contributed by atoms with Crippen LogP contribution in [0.4, 0.5) is 5.95 Å². The van der Waals surface area contributed by atoms with Gasteiger partial charge < -0.3 is 15.6 Å². The molecule has 8 heteroatoms. The fourth-order valence-electron chi connectivity index (χ4n) is 2.48. The Kier molecular flexibility index (Phi) is 3.45. The summed E-state index contributed by atoms with van der Waals surface area (Å²) in [6.45, 7) is 1.90. The molecule has 20 heavy (non-hydrogen) atoms. The molecule has 7 nitrogen and oxygen atoms in total. The zero-order valence-corrected chi connectivity index (χ0v) is 11.8. The number of nitrogen functional groups attached to an aromatic ring is 1. The van der Waals surface area contributed by atoms with Crippen molar-refractivity contribution in [1.82, 2.24) is 14.5 Å². The number of aliphatic hydroxyl groups is 1. The molecular formula is C12H16N4O3S. The molecule has 108 valence electrons. The van der Waals surface area contributed by atoms with E-state index in [9.17, 15) is 9.90 Å². The van der Waals surface area contributed by atoms with Crippen molar-refractivity contribution in [3.05, 3.63) is 15.9 Å². The van der Waals surface area contributed by atoms with Crippen LogP contribution in [0.2, 0.25) is 0 Å². The van der Waals surface area contributed by atoms with E-state index in [4.69, 9.17) is 10.5 Å². The number of anilines is 1. The van der Waals surface area contributed by atoms with Gasteiger partial charge >= 0.3 is 4.87 Å². The van der Waals surface area contributed by atoms with Crippen LogP contribution in [0.5, 0.6) is 0 Å². The smallest absolute Gasteiger partial charge is 0.311 e. The minimum Gasteiger partial charge on any atom is -0.390 e. The highest BCUT2D eigenvalue weighted by Crippen LogP contribution is 2.32. The molecule has 0 bridgehead atoms. The lowest BCUT2D eigenvalue weighted by molar-refractivity contribution is -0.0590. The zero-order chi connectivity index (χ0) is 14.3. The first-order valence-electron chi connectivity index (χ1n) is 6.57. The molecule has 3 rings (SSSR count). The molecule has 1 aliphatic rings. The molecule has 3 atom stereocenters. The maximum atomic E-state index is 12.1. The third kappa shape index (κ3) is 2.19. The van der Waals surface area contributed by atoms with E-state index >= 15 is 0 Å². The van der Waals surface area contributed by atoms with Crippen molar-refractivity contribution in [1.29, 1.82) is 0 Å². The van der Waals surface area contributed by atoms with Gasteiger partial charge in [-0.15, -0.1) is 0 Å². The second-order valence-electron chi connectivity index (χ2n) is 4.84. The Morgan fingerprint density at radius 2 is 2.45 bits per heavy atom. The SMILES string of the molecule is CCC(O)C1CCC(n2c(=O)sc3cnc(N)nc32)O1. The molecule has 2 aromatic heterocycles. The number of nitrogens with zero attached hydrogens (tertiary/aromatic N) is 3. The van der Waals surface area contributed by atoms with Gasteiger partial charge in [0, 0.05) is 0 Å². The van der Waals surface area contributed by atoms with Crippen LogP contribution in [0.15, 0.2) is 11.0 Å². The Morgan fingerprint density at radius 3 is 3.20 bits per heavy atom. The van der Waals surface area contributed by atoms with Crippen molar-refractivity contribution in [2.45, 2.75) is 44.6 Å². The summed E-state index contributed by atoms with van der Waals surface area (Å²) in [4.78, 5) is 20.0. The van der Waals surface area contributed by atoms with Crippen LogP contribution in [0.3, 0.4) is 0 Å². The quantitative estimate of drug-likeness (QED) is 0.871. The Hall–Kier alpha value is -1.51. The van der Waals surface area contributed by atoms with Crippen LogP contribution in [0.25, 0.3) is 10.3 Å². The highest BCUT2D eigenvalue weighted by molar-refractivity contribution is 7.16. The summed E-state index contributed by atoms with van der Waals surface area (Å²) in [5.74, 6) is 0.132. The predicted molar refractivity (Wildman–Crippen MR) is 75.5 cm³/mol. The van der Waals surface area contributed by atoms with Crippen LogP contribution >= 0.6 is 11.3 Å². The minimum atomic E-state index is -0.500. The van der Waals surface area contributed by atoms with Gasteiger partial charge in [-0.2, -0.15) is 4.98 Å². The molecule has 0 spiro atoms. The van der Waals surface area contributed by atoms with Crippen LogP contribution in [0.1, 0.15) is 32.4 Å². The van der Waals surface area contributed by atoms with Gasteiger partial charge in [-0.05, 0) is 19.3 Å². The van der Waals surface area contributed by atoms with E-state index in [1.54, 1.807) is 6.20 Å². The maximum absolute atomic E-state index is 12.1. The lowest BCUT2D eigenvalue weighted by Gasteiger charge is -2.18. The summed E-state index contributed by atoms with van der Waals surface area (Å²) in [5, 5.41) is 9.84. The number of fused-ring (bicyclic) bond motifs is 1. The fourth-order valence-corrected chi connectivity index (χ4v) is 3.32. The van der Waals surface area contributed by atoms with Gasteiger partial charge in [0.25, 0.3) is 0 Å². The number of nitrogens with two attached hydrogens (primary N) is 1. The average Bonchev–Trinajstić information content (AvgIpc) is 3.01. The van der Waals surface area contributed by atoms with Crippen LogP contribution in [0, 0.1) is 0 Å². The second-order valence-corrected chi connectivity index (χ2v) is 5.83. The van der Waals surface area contributed by atoms with Gasteiger partial charge in [-0.25, -0.2) is 4.98 Å². The number of hydrogen-bond acceptors (Lipinski definition) is 7. The van der Waals surface area contributed by atoms with Crippen molar-refractivity contribution in [2.24, 2.45) is 0 Å². The van der Waals surface area contributed by atoms with E-state index in [0.29, 0.717) is 23.2 Å². The lowest BCUT2D eigenvalue weighted by Crippen LogP contribution is -2.27. The highest BCUT2D eigenvalue weighted by Gasteiger charge is 2.32. The summed E-state index contributed by atoms with van der Waals surface area (Å²) >= 11 is 1.07. The Labute approximate surface area is 119 Å². The van der Waals surface area contributed by atoms with Crippen LogP contribution < -0.4 is 10.6 Å². The van der Waals surface area contributed by atoms with E-state index in [1.807, 2.05) is 6.92 Å². The number of aromatic nitrogens is 3. The Bertz CT molecular complexity index is 683. The number of ether oxygens (including phenoxy) is 1. The van der Waals surface area contributed by atoms with Crippen molar-refractivity contribution >= 4 is 27.6 Å². The molecule has 3 heterocycles. The molecule has 1 fully saturated rings. The van der Waals surface area contributed by atoms with Gasteiger partial charge in [-0.3, -0.25) is 9.36 Å². The summed E-state index contributed by atoms with van der Waals surface area (Å²) in [5.41, 5.74) is 6.09. The maximum Gasteiger partial charge on any atom is 0.311 e. The molecule has 0 radical (unpaired) electrons. The van der Waals surface area contributed by atoms with E-state index < -0.39 is 12.3 Å². The summed E-state index contributed by atoms with van der Waals surface area (Å²) in [6.07, 6.45) is 2.46. The average molecular weight is 296 g/mol. The molecule has 0 aliphatic carbocycles. The first kappa shape index (κ1) is 13.5. The van der Waals surface area contributed by atoms with E-state index in [-0.39, 0.29) is 16.9 Å². The Balaban J connectivity index is 1.97. The van der Waals surface area contributed by atoms with Crippen molar-refractivity contribution in [3.63, 3.8) is 0 Å². The number of rotatable bonds is 3. The molecule has 0 saturated carbocycles. The van der Waals surface area contributed by atoms with Gasteiger partial charge in [0.05, 0.1) is 23.1 Å². The minimum absolute atomic E-state index is 0.132. The topological polar surface area (TPSA) is 103 Å². The molecule has 3 N–H and O–H groups in total. The molecule has 2 aromatic rings. The first-order chi connectivity index (χ1) is 9.60. The molecule has 0 aromatic carbocycles. The zero-order valence-electron chi connectivity index (χ0n) is 11.0. The van der Waals surface area contributed by atoms with Gasteiger partial charge in [0.15, 0.2) is 5.65 Å². The van der Waals surface area contributed by atoms with Gasteiger partial charge in [-0.1, -0.05) is 18.3 Å². The number of hydrogen-bond donors (Lipinski definition) is 2. The van der Waals surface area contributed by atoms with Gasteiger partial charge in [0.2, 0.25) is 5.95 Å². The van der Waals surface area contributed by atoms with E-state index in [0.717, 1.165) is 17.8 Å².